The highest BCUT2D eigenvalue weighted by atomic mass is 16.2. The average Bonchev–Trinajstić information content (AvgIpc) is 2.96. The molecule has 0 spiro atoms. The van der Waals surface area contributed by atoms with Crippen LogP contribution in [0.4, 0.5) is 0 Å². The Morgan fingerprint density at radius 3 is 2.34 bits per heavy atom. The zero-order chi connectivity index (χ0) is 20.1. The lowest BCUT2D eigenvalue weighted by Crippen LogP contribution is -2.37. The Bertz CT molecular complexity index is 986. The standard InChI is InChI=1S/C25H24N2O2/c28-24-23(17-19-8-7-13-22(16-19)20-9-3-1-4-10-20)18-27(15-14-26-24)25(29)21-11-5-2-6-12-21/h1-13,16,23H,14-15,17-18H2,(H,26,28)/t23-/m0/s1. The van der Waals surface area contributed by atoms with Crippen molar-refractivity contribution < 1.29 is 9.59 Å². The van der Waals surface area contributed by atoms with Crippen molar-refractivity contribution in [1.29, 1.82) is 0 Å². The highest BCUT2D eigenvalue weighted by Gasteiger charge is 2.28. The fourth-order valence-corrected chi connectivity index (χ4v) is 3.80. The molecule has 0 unspecified atom stereocenters. The van der Waals surface area contributed by atoms with Crippen LogP contribution in [-0.4, -0.2) is 36.3 Å². The third kappa shape index (κ3) is 4.54. The Balaban J connectivity index is 1.52. The lowest BCUT2D eigenvalue weighted by atomic mass is 9.95. The Morgan fingerprint density at radius 1 is 0.897 bits per heavy atom. The van der Waals surface area contributed by atoms with E-state index in [0.29, 0.717) is 31.6 Å². The number of nitrogens with one attached hydrogen (secondary N) is 1. The van der Waals surface area contributed by atoms with Crippen LogP contribution < -0.4 is 5.32 Å². The number of nitrogens with zero attached hydrogens (tertiary/aromatic N) is 1. The molecule has 29 heavy (non-hydrogen) atoms. The number of benzene rings is 3. The second kappa shape index (κ2) is 8.74. The lowest BCUT2D eigenvalue weighted by molar-refractivity contribution is -0.124. The fraction of sp³-hybridized carbons (Fsp3) is 0.200. The molecule has 146 valence electrons. The second-order valence-corrected chi connectivity index (χ2v) is 7.38. The molecule has 3 aromatic carbocycles. The van der Waals surface area contributed by atoms with Crippen LogP contribution in [0.1, 0.15) is 15.9 Å². The predicted octanol–water partition coefficient (Wildman–Crippen LogP) is 3.78. The predicted molar refractivity (Wildman–Crippen MR) is 114 cm³/mol. The van der Waals surface area contributed by atoms with E-state index in [1.165, 1.54) is 0 Å². The smallest absolute Gasteiger partial charge is 0.253 e. The number of carbonyl (C=O) groups is 2. The van der Waals surface area contributed by atoms with Crippen molar-refractivity contribution in [2.24, 2.45) is 5.92 Å². The van der Waals surface area contributed by atoms with Crippen LogP contribution >= 0.6 is 0 Å². The van der Waals surface area contributed by atoms with Crippen LogP contribution in [0.25, 0.3) is 11.1 Å². The summed E-state index contributed by atoms with van der Waals surface area (Å²) < 4.78 is 0. The highest BCUT2D eigenvalue weighted by Crippen LogP contribution is 2.22. The number of rotatable bonds is 4. The van der Waals surface area contributed by atoms with Gasteiger partial charge in [0.25, 0.3) is 5.91 Å². The molecular weight excluding hydrogens is 360 g/mol. The van der Waals surface area contributed by atoms with Crippen molar-refractivity contribution in [3.05, 3.63) is 96.1 Å². The minimum Gasteiger partial charge on any atom is -0.354 e. The van der Waals surface area contributed by atoms with Gasteiger partial charge in [-0.25, -0.2) is 0 Å². The third-order valence-corrected chi connectivity index (χ3v) is 5.32. The normalized spacial score (nSPS) is 16.8. The van der Waals surface area contributed by atoms with Gasteiger partial charge in [-0.1, -0.05) is 72.8 Å². The molecule has 1 N–H and O–H groups in total. The van der Waals surface area contributed by atoms with E-state index >= 15 is 0 Å². The van der Waals surface area contributed by atoms with E-state index in [1.54, 1.807) is 4.90 Å². The summed E-state index contributed by atoms with van der Waals surface area (Å²) in [6.45, 7) is 1.44. The summed E-state index contributed by atoms with van der Waals surface area (Å²) in [5.74, 6) is -0.278. The van der Waals surface area contributed by atoms with Crippen molar-refractivity contribution >= 4 is 11.8 Å². The summed E-state index contributed by atoms with van der Waals surface area (Å²) in [6.07, 6.45) is 0.602. The summed E-state index contributed by atoms with van der Waals surface area (Å²) in [4.78, 5) is 27.3. The molecule has 1 fully saturated rings. The Kier molecular flexibility index (Phi) is 5.71. The van der Waals surface area contributed by atoms with E-state index in [1.807, 2.05) is 60.7 Å². The second-order valence-electron chi connectivity index (χ2n) is 7.38. The molecule has 1 heterocycles. The third-order valence-electron chi connectivity index (χ3n) is 5.32. The lowest BCUT2D eigenvalue weighted by Gasteiger charge is -2.23. The minimum absolute atomic E-state index is 0.0125. The van der Waals surface area contributed by atoms with Crippen molar-refractivity contribution in [3.8, 4) is 11.1 Å². The number of hydrogen-bond donors (Lipinski definition) is 1. The number of amides is 2. The molecule has 4 heteroatoms. The molecule has 0 bridgehead atoms. The van der Waals surface area contributed by atoms with Gasteiger partial charge in [0, 0.05) is 25.2 Å². The highest BCUT2D eigenvalue weighted by molar-refractivity contribution is 5.94. The summed E-state index contributed by atoms with van der Waals surface area (Å²) in [5, 5.41) is 2.96. The van der Waals surface area contributed by atoms with E-state index in [-0.39, 0.29) is 17.7 Å². The zero-order valence-corrected chi connectivity index (χ0v) is 16.3. The SMILES string of the molecule is O=C1NCCN(C(=O)c2ccccc2)C[C@@H]1Cc1cccc(-c2ccccc2)c1. The molecule has 2 amide bonds. The van der Waals surface area contributed by atoms with E-state index < -0.39 is 0 Å². The molecular formula is C25H24N2O2. The Labute approximate surface area is 171 Å². The molecule has 0 aromatic heterocycles. The molecule has 1 aliphatic heterocycles. The quantitative estimate of drug-likeness (QED) is 0.744. The summed E-state index contributed by atoms with van der Waals surface area (Å²) >= 11 is 0. The summed E-state index contributed by atoms with van der Waals surface area (Å²) in [6, 6.07) is 27.8. The molecule has 0 aliphatic carbocycles. The molecule has 3 aromatic rings. The van der Waals surface area contributed by atoms with Gasteiger partial charge in [0.15, 0.2) is 0 Å². The molecule has 4 nitrogen and oxygen atoms in total. The maximum absolute atomic E-state index is 12.9. The van der Waals surface area contributed by atoms with Gasteiger partial charge in [-0.05, 0) is 35.2 Å². The van der Waals surface area contributed by atoms with Gasteiger partial charge in [0.2, 0.25) is 5.91 Å². The molecule has 0 radical (unpaired) electrons. The van der Waals surface area contributed by atoms with E-state index in [0.717, 1.165) is 16.7 Å². The monoisotopic (exact) mass is 384 g/mol. The van der Waals surface area contributed by atoms with Gasteiger partial charge in [0.05, 0.1) is 5.92 Å². The van der Waals surface area contributed by atoms with Crippen molar-refractivity contribution in [2.45, 2.75) is 6.42 Å². The summed E-state index contributed by atoms with van der Waals surface area (Å²) in [7, 11) is 0. The molecule has 1 atom stereocenters. The van der Waals surface area contributed by atoms with Gasteiger partial charge in [-0.3, -0.25) is 9.59 Å². The van der Waals surface area contributed by atoms with E-state index in [2.05, 4.69) is 29.6 Å². The van der Waals surface area contributed by atoms with Crippen molar-refractivity contribution in [3.63, 3.8) is 0 Å². The Hall–Kier alpha value is -3.40. The van der Waals surface area contributed by atoms with Crippen LogP contribution in [0.15, 0.2) is 84.9 Å². The van der Waals surface area contributed by atoms with Crippen LogP contribution in [-0.2, 0) is 11.2 Å². The first-order valence-electron chi connectivity index (χ1n) is 9.97. The molecule has 1 aliphatic rings. The average molecular weight is 384 g/mol. The zero-order valence-electron chi connectivity index (χ0n) is 16.3. The molecule has 4 rings (SSSR count). The van der Waals surface area contributed by atoms with E-state index in [4.69, 9.17) is 0 Å². The number of carbonyl (C=O) groups excluding carboxylic acids is 2. The largest absolute Gasteiger partial charge is 0.354 e. The van der Waals surface area contributed by atoms with Crippen LogP contribution in [0.3, 0.4) is 0 Å². The van der Waals surface area contributed by atoms with Gasteiger partial charge >= 0.3 is 0 Å². The minimum atomic E-state index is -0.267. The maximum Gasteiger partial charge on any atom is 0.253 e. The molecule has 0 saturated carbocycles. The van der Waals surface area contributed by atoms with Gasteiger partial charge in [-0.15, -0.1) is 0 Å². The van der Waals surface area contributed by atoms with Crippen molar-refractivity contribution in [2.75, 3.05) is 19.6 Å². The van der Waals surface area contributed by atoms with Gasteiger partial charge < -0.3 is 10.2 Å². The first-order chi connectivity index (χ1) is 14.2. The molecule has 1 saturated heterocycles. The topological polar surface area (TPSA) is 49.4 Å². The van der Waals surface area contributed by atoms with Crippen LogP contribution in [0, 0.1) is 5.92 Å². The fourth-order valence-electron chi connectivity index (χ4n) is 3.80. The first kappa shape index (κ1) is 18.9. The van der Waals surface area contributed by atoms with Crippen LogP contribution in [0.5, 0.6) is 0 Å². The van der Waals surface area contributed by atoms with Crippen molar-refractivity contribution in [1.82, 2.24) is 10.2 Å². The van der Waals surface area contributed by atoms with Crippen LogP contribution in [0.2, 0.25) is 0 Å². The maximum atomic E-state index is 12.9. The van der Waals surface area contributed by atoms with E-state index in [9.17, 15) is 9.59 Å². The van der Waals surface area contributed by atoms with Gasteiger partial charge in [0.1, 0.15) is 0 Å². The van der Waals surface area contributed by atoms with Gasteiger partial charge in [-0.2, -0.15) is 0 Å². The summed E-state index contributed by atoms with van der Waals surface area (Å²) in [5.41, 5.74) is 4.04. The number of hydrogen-bond acceptors (Lipinski definition) is 2. The Morgan fingerprint density at radius 2 is 1.59 bits per heavy atom. The first-order valence-corrected chi connectivity index (χ1v) is 9.97.